The van der Waals surface area contributed by atoms with Crippen LogP contribution in [0.25, 0.3) is 0 Å². The average molecular weight is 705 g/mol. The molecule has 0 fully saturated rings. The van der Waals surface area contributed by atoms with Crippen LogP contribution in [0.15, 0.2) is 69.9 Å². The molecule has 46 heavy (non-hydrogen) atoms. The SMILES string of the molecule is COP(=O)(CO[PH](=O)OCP(=O)(NCC=C(C)CCC=C(C)CCC=C(C)C)OC)NCC=C(C)CCC=C(C)CCC=C(C)C. The lowest BCUT2D eigenvalue weighted by Gasteiger charge is -2.18. The fourth-order valence-electron chi connectivity index (χ4n) is 4.04. The van der Waals surface area contributed by atoms with Gasteiger partial charge in [0.1, 0.15) is 12.7 Å². The smallest absolute Gasteiger partial charge is 0.319 e. The van der Waals surface area contributed by atoms with Gasteiger partial charge in [0.25, 0.3) is 15.0 Å². The minimum Gasteiger partial charge on any atom is -0.319 e. The van der Waals surface area contributed by atoms with Crippen molar-refractivity contribution < 1.29 is 31.8 Å². The first-order chi connectivity index (χ1) is 21.6. The van der Waals surface area contributed by atoms with Gasteiger partial charge in [0.2, 0.25) is 0 Å². The van der Waals surface area contributed by atoms with E-state index in [0.717, 1.165) is 62.5 Å². The van der Waals surface area contributed by atoms with Crippen molar-refractivity contribution in [3.05, 3.63) is 69.9 Å². The summed E-state index contributed by atoms with van der Waals surface area (Å²) in [6, 6.07) is 0. The molecule has 266 valence electrons. The highest BCUT2D eigenvalue weighted by atomic mass is 31.2. The Morgan fingerprint density at radius 1 is 0.543 bits per heavy atom. The summed E-state index contributed by atoms with van der Waals surface area (Å²) in [6.07, 6.45) is 20.0. The van der Waals surface area contributed by atoms with Gasteiger partial charge in [-0.2, -0.15) is 0 Å². The highest BCUT2D eigenvalue weighted by molar-refractivity contribution is 7.57. The van der Waals surface area contributed by atoms with E-state index >= 15 is 0 Å². The Balaban J connectivity index is 4.58. The fourth-order valence-corrected chi connectivity index (χ4v) is 7.72. The third-order valence-corrected chi connectivity index (χ3v) is 11.8. The van der Waals surface area contributed by atoms with E-state index in [4.69, 9.17) is 18.1 Å². The standard InChI is InChI=1S/C34H63N2O7P3/c1-29(2)15-11-17-31(5)19-13-21-33(7)23-25-35-45(38,40-9)27-42-44(37)43-28-46(39,41-10)36-26-24-34(8)22-14-20-32(6)18-12-16-30(3)4/h15-16,19-20,23-24,44H,11-14,17-18,21-22,25-28H2,1-10H3,(H,35,38)(H,36,39). The van der Waals surface area contributed by atoms with Gasteiger partial charge in [-0.3, -0.25) is 22.7 Å². The van der Waals surface area contributed by atoms with Gasteiger partial charge in [-0.1, -0.05) is 69.9 Å². The Hall–Kier alpha value is -1.11. The molecule has 0 rings (SSSR count). The van der Waals surface area contributed by atoms with Crippen LogP contribution in [0.3, 0.4) is 0 Å². The molecule has 0 saturated heterocycles. The van der Waals surface area contributed by atoms with Crippen molar-refractivity contribution in [2.45, 2.75) is 107 Å². The Bertz CT molecular complexity index is 1110. The second-order valence-corrected chi connectivity index (χ2v) is 17.8. The molecule has 0 aromatic rings. The maximum absolute atomic E-state index is 13.0. The molecular formula is C34H63N2O7P3. The molecular weight excluding hydrogens is 641 g/mol. The van der Waals surface area contributed by atoms with Crippen molar-refractivity contribution in [2.75, 3.05) is 40.0 Å². The largest absolute Gasteiger partial charge is 0.320 e. The van der Waals surface area contributed by atoms with E-state index in [0.29, 0.717) is 13.1 Å². The summed E-state index contributed by atoms with van der Waals surface area (Å²) in [4.78, 5) is 0. The minimum atomic E-state index is -3.42. The molecule has 0 aliphatic heterocycles. The molecule has 2 N–H and O–H groups in total. The maximum Gasteiger partial charge on any atom is 0.320 e. The van der Waals surface area contributed by atoms with Crippen LogP contribution in [0.2, 0.25) is 0 Å². The van der Waals surface area contributed by atoms with Crippen molar-refractivity contribution in [1.82, 2.24) is 10.2 Å². The first kappa shape index (κ1) is 44.9. The summed E-state index contributed by atoms with van der Waals surface area (Å²) in [6.45, 7) is 17.4. The zero-order valence-corrected chi connectivity index (χ0v) is 33.0. The molecule has 9 nitrogen and oxygen atoms in total. The molecule has 0 aliphatic carbocycles. The molecule has 0 bridgehead atoms. The van der Waals surface area contributed by atoms with Crippen LogP contribution >= 0.6 is 23.3 Å². The van der Waals surface area contributed by atoms with E-state index < -0.39 is 36.0 Å². The Morgan fingerprint density at radius 3 is 1.15 bits per heavy atom. The number of hydrogen-bond donors (Lipinski definition) is 2. The van der Waals surface area contributed by atoms with Gasteiger partial charge in [0.15, 0.2) is 0 Å². The van der Waals surface area contributed by atoms with Gasteiger partial charge in [-0.15, -0.1) is 0 Å². The monoisotopic (exact) mass is 704 g/mol. The predicted molar refractivity (Wildman–Crippen MR) is 197 cm³/mol. The molecule has 0 aromatic carbocycles. The van der Waals surface area contributed by atoms with Gasteiger partial charge in [0, 0.05) is 27.3 Å². The van der Waals surface area contributed by atoms with Crippen LogP contribution in [0.1, 0.15) is 107 Å². The first-order valence-electron chi connectivity index (χ1n) is 16.1. The van der Waals surface area contributed by atoms with Crippen molar-refractivity contribution in [1.29, 1.82) is 0 Å². The quantitative estimate of drug-likeness (QED) is 0.0671. The number of allylic oxidation sites excluding steroid dienone is 10. The Morgan fingerprint density at radius 2 is 0.848 bits per heavy atom. The van der Waals surface area contributed by atoms with E-state index in [2.05, 4.69) is 76.0 Å². The third-order valence-electron chi connectivity index (χ3n) is 7.11. The minimum absolute atomic E-state index is 0.313. The molecule has 0 aromatic heterocycles. The Kier molecular flexibility index (Phi) is 25.2. The lowest BCUT2D eigenvalue weighted by Crippen LogP contribution is -2.16. The molecule has 0 aliphatic rings. The third kappa shape index (κ3) is 25.0. The highest BCUT2D eigenvalue weighted by Crippen LogP contribution is 2.47. The summed E-state index contributed by atoms with van der Waals surface area (Å²) in [7, 11) is -7.33. The van der Waals surface area contributed by atoms with Crippen molar-refractivity contribution >= 4 is 23.3 Å². The van der Waals surface area contributed by atoms with Crippen molar-refractivity contribution in [2.24, 2.45) is 0 Å². The van der Waals surface area contributed by atoms with Gasteiger partial charge in [0.05, 0.1) is 0 Å². The molecule has 0 spiro atoms. The highest BCUT2D eigenvalue weighted by Gasteiger charge is 2.25. The van der Waals surface area contributed by atoms with Gasteiger partial charge in [-0.05, 0) is 107 Å². The van der Waals surface area contributed by atoms with Crippen LogP contribution in [0.5, 0.6) is 0 Å². The Labute approximate surface area is 281 Å². The summed E-state index contributed by atoms with van der Waals surface area (Å²) >= 11 is 0. The summed E-state index contributed by atoms with van der Waals surface area (Å²) in [5, 5.41) is 5.71. The topological polar surface area (TPSA) is 112 Å². The van der Waals surface area contributed by atoms with Gasteiger partial charge < -0.3 is 9.05 Å². The van der Waals surface area contributed by atoms with Crippen molar-refractivity contribution in [3.63, 3.8) is 0 Å². The second kappa shape index (κ2) is 25.8. The van der Waals surface area contributed by atoms with Crippen LogP contribution in [-0.4, -0.2) is 40.0 Å². The lowest BCUT2D eigenvalue weighted by atomic mass is 10.1. The molecule has 2 unspecified atom stereocenters. The van der Waals surface area contributed by atoms with Crippen LogP contribution < -0.4 is 10.2 Å². The van der Waals surface area contributed by atoms with E-state index in [1.165, 1.54) is 36.5 Å². The number of rotatable bonds is 26. The maximum atomic E-state index is 13.0. The summed E-state index contributed by atoms with van der Waals surface area (Å²) in [5.74, 6) is 0. The molecule has 12 heteroatoms. The molecule has 2 atom stereocenters. The van der Waals surface area contributed by atoms with Crippen LogP contribution in [0, 0.1) is 0 Å². The fraction of sp³-hybridized carbons (Fsp3) is 0.647. The predicted octanol–water partition coefficient (Wildman–Crippen LogP) is 11.0. The average Bonchev–Trinajstić information content (AvgIpc) is 2.98. The van der Waals surface area contributed by atoms with Crippen LogP contribution in [-0.2, 0) is 31.8 Å². The summed E-state index contributed by atoms with van der Waals surface area (Å²) < 4.78 is 59.0. The van der Waals surface area contributed by atoms with E-state index in [9.17, 15) is 13.7 Å². The van der Waals surface area contributed by atoms with Gasteiger partial charge in [-0.25, -0.2) is 10.2 Å². The number of hydrogen-bond acceptors (Lipinski definition) is 7. The lowest BCUT2D eigenvalue weighted by molar-refractivity contribution is 0.250. The summed E-state index contributed by atoms with van der Waals surface area (Å²) in [5.41, 5.74) is 7.75. The molecule has 0 saturated carbocycles. The van der Waals surface area contributed by atoms with Gasteiger partial charge >= 0.3 is 8.25 Å². The zero-order valence-electron chi connectivity index (χ0n) is 30.2. The molecule has 0 amide bonds. The number of nitrogens with one attached hydrogen (secondary N) is 2. The van der Waals surface area contributed by atoms with E-state index in [1.54, 1.807) is 0 Å². The molecule has 0 heterocycles. The first-order valence-corrected chi connectivity index (χ1v) is 21.0. The van der Waals surface area contributed by atoms with Crippen LogP contribution in [0.4, 0.5) is 0 Å². The van der Waals surface area contributed by atoms with Crippen molar-refractivity contribution in [3.8, 4) is 0 Å². The molecule has 0 radical (unpaired) electrons. The zero-order chi connectivity index (χ0) is 35.0. The normalized spacial score (nSPS) is 16.5. The second-order valence-electron chi connectivity index (χ2n) is 12.2. The van der Waals surface area contributed by atoms with E-state index in [-0.39, 0.29) is 0 Å². The van der Waals surface area contributed by atoms with E-state index in [1.807, 2.05) is 26.0 Å².